The molecule has 24 heavy (non-hydrogen) atoms. The largest absolute Gasteiger partial charge is 0.352 e. The van der Waals surface area contributed by atoms with Gasteiger partial charge in [0.15, 0.2) is 0 Å². The lowest BCUT2D eigenvalue weighted by Gasteiger charge is -2.30. The van der Waals surface area contributed by atoms with Crippen LogP contribution in [0.4, 0.5) is 0 Å². The summed E-state index contributed by atoms with van der Waals surface area (Å²) < 4.78 is 0. The van der Waals surface area contributed by atoms with Crippen LogP contribution in [0.15, 0.2) is 42.5 Å². The first kappa shape index (κ1) is 16.5. The molecule has 1 N–H and O–H groups in total. The Hall–Kier alpha value is -2.36. The lowest BCUT2D eigenvalue weighted by Crippen LogP contribution is -2.39. The van der Waals surface area contributed by atoms with Gasteiger partial charge in [-0.05, 0) is 41.7 Å². The third-order valence-electron chi connectivity index (χ3n) is 4.77. The molecular formula is C20H24N2O2. The van der Waals surface area contributed by atoms with Gasteiger partial charge in [0.2, 0.25) is 5.91 Å². The van der Waals surface area contributed by atoms with Crippen molar-refractivity contribution in [2.45, 2.75) is 26.2 Å². The smallest absolute Gasteiger partial charge is 0.251 e. The van der Waals surface area contributed by atoms with Crippen molar-refractivity contribution < 1.29 is 9.59 Å². The van der Waals surface area contributed by atoms with Crippen LogP contribution < -0.4 is 5.32 Å². The summed E-state index contributed by atoms with van der Waals surface area (Å²) in [5.74, 6) is 0.725. The van der Waals surface area contributed by atoms with E-state index in [0.29, 0.717) is 24.4 Å². The highest BCUT2D eigenvalue weighted by Gasteiger charge is 2.19. The predicted molar refractivity (Wildman–Crippen MR) is 95.9 cm³/mol. The zero-order chi connectivity index (χ0) is 16.9. The molecule has 2 aromatic carbocycles. The topological polar surface area (TPSA) is 49.4 Å². The maximum atomic E-state index is 12.3. The molecule has 2 amide bonds. The van der Waals surface area contributed by atoms with E-state index < -0.39 is 0 Å². The third kappa shape index (κ3) is 3.94. The predicted octanol–water partition coefficient (Wildman–Crippen LogP) is 3.22. The minimum absolute atomic E-state index is 0.124. The van der Waals surface area contributed by atoms with Gasteiger partial charge >= 0.3 is 0 Å². The first-order valence-corrected chi connectivity index (χ1v) is 8.68. The maximum absolute atomic E-state index is 12.3. The number of amides is 2. The molecule has 1 heterocycles. The Bertz CT molecular complexity index is 733. The highest BCUT2D eigenvalue weighted by molar-refractivity contribution is 5.98. The van der Waals surface area contributed by atoms with Crippen molar-refractivity contribution in [3.8, 4) is 0 Å². The fraction of sp³-hybridized carbons (Fsp3) is 0.400. The van der Waals surface area contributed by atoms with Crippen LogP contribution in [0.2, 0.25) is 0 Å². The monoisotopic (exact) mass is 324 g/mol. The molecule has 0 unspecified atom stereocenters. The van der Waals surface area contributed by atoms with Crippen molar-refractivity contribution in [2.24, 2.45) is 5.92 Å². The first-order chi connectivity index (χ1) is 11.6. The molecule has 0 aromatic heterocycles. The number of hydrogen-bond donors (Lipinski definition) is 1. The SMILES string of the molecule is CC1CCN(C(=O)CCNC(=O)c2ccc3ccccc3c2)CC1. The Morgan fingerprint density at radius 3 is 2.54 bits per heavy atom. The summed E-state index contributed by atoms with van der Waals surface area (Å²) in [5.41, 5.74) is 0.632. The van der Waals surface area contributed by atoms with Crippen molar-refractivity contribution in [3.05, 3.63) is 48.0 Å². The van der Waals surface area contributed by atoms with Crippen molar-refractivity contribution in [3.63, 3.8) is 0 Å². The minimum Gasteiger partial charge on any atom is -0.352 e. The van der Waals surface area contributed by atoms with E-state index in [4.69, 9.17) is 0 Å². The van der Waals surface area contributed by atoms with Crippen LogP contribution in [0.5, 0.6) is 0 Å². The van der Waals surface area contributed by atoms with E-state index in [1.165, 1.54) is 0 Å². The lowest BCUT2D eigenvalue weighted by atomic mass is 9.99. The summed E-state index contributed by atoms with van der Waals surface area (Å²) in [7, 11) is 0. The molecule has 1 fully saturated rings. The van der Waals surface area contributed by atoms with Crippen molar-refractivity contribution >= 4 is 22.6 Å². The molecule has 4 heteroatoms. The third-order valence-corrected chi connectivity index (χ3v) is 4.77. The van der Waals surface area contributed by atoms with Crippen LogP contribution in [-0.4, -0.2) is 36.3 Å². The quantitative estimate of drug-likeness (QED) is 0.939. The Balaban J connectivity index is 1.50. The zero-order valence-electron chi connectivity index (χ0n) is 14.1. The second-order valence-corrected chi connectivity index (χ2v) is 6.63. The molecule has 4 nitrogen and oxygen atoms in total. The van der Waals surface area contributed by atoms with Gasteiger partial charge in [0.1, 0.15) is 0 Å². The first-order valence-electron chi connectivity index (χ1n) is 8.68. The van der Waals surface area contributed by atoms with Crippen molar-refractivity contribution in [2.75, 3.05) is 19.6 Å². The van der Waals surface area contributed by atoms with E-state index in [0.717, 1.165) is 36.7 Å². The molecule has 1 aliphatic rings. The second kappa shape index (κ2) is 7.47. The fourth-order valence-electron chi connectivity index (χ4n) is 3.13. The number of piperidine rings is 1. The number of benzene rings is 2. The standard InChI is InChI=1S/C20H24N2O2/c1-15-9-12-22(13-10-15)19(23)8-11-21-20(24)18-7-6-16-4-2-3-5-17(16)14-18/h2-7,14-15H,8-13H2,1H3,(H,21,24). The van der Waals surface area contributed by atoms with Gasteiger partial charge in [-0.25, -0.2) is 0 Å². The van der Waals surface area contributed by atoms with Crippen LogP contribution in [0.25, 0.3) is 10.8 Å². The summed E-state index contributed by atoms with van der Waals surface area (Å²) in [5, 5.41) is 5.02. The molecule has 0 spiro atoms. The molecular weight excluding hydrogens is 300 g/mol. The van der Waals surface area contributed by atoms with Gasteiger partial charge in [-0.2, -0.15) is 0 Å². The van der Waals surface area contributed by atoms with Gasteiger partial charge in [0.05, 0.1) is 0 Å². The highest BCUT2D eigenvalue weighted by Crippen LogP contribution is 2.17. The van der Waals surface area contributed by atoms with Crippen LogP contribution in [0, 0.1) is 5.92 Å². The fourth-order valence-corrected chi connectivity index (χ4v) is 3.13. The van der Waals surface area contributed by atoms with E-state index in [1.807, 2.05) is 47.4 Å². The normalized spacial score (nSPS) is 15.5. The number of carbonyl (C=O) groups excluding carboxylic acids is 2. The van der Waals surface area contributed by atoms with Gasteiger partial charge < -0.3 is 10.2 Å². The Labute approximate surface area is 142 Å². The maximum Gasteiger partial charge on any atom is 0.251 e. The molecule has 0 aliphatic carbocycles. The number of likely N-dealkylation sites (tertiary alicyclic amines) is 1. The number of fused-ring (bicyclic) bond motifs is 1. The van der Waals surface area contributed by atoms with E-state index in [9.17, 15) is 9.59 Å². The number of nitrogens with zero attached hydrogens (tertiary/aromatic N) is 1. The average Bonchev–Trinajstić information content (AvgIpc) is 2.61. The Morgan fingerprint density at radius 1 is 1.08 bits per heavy atom. The Kier molecular flexibility index (Phi) is 5.14. The van der Waals surface area contributed by atoms with E-state index in [-0.39, 0.29) is 11.8 Å². The van der Waals surface area contributed by atoms with Crippen LogP contribution in [-0.2, 0) is 4.79 Å². The summed E-state index contributed by atoms with van der Waals surface area (Å²) >= 11 is 0. The number of rotatable bonds is 4. The van der Waals surface area contributed by atoms with Crippen LogP contribution >= 0.6 is 0 Å². The van der Waals surface area contributed by atoms with Gasteiger partial charge in [-0.3, -0.25) is 9.59 Å². The molecule has 0 atom stereocenters. The highest BCUT2D eigenvalue weighted by atomic mass is 16.2. The number of hydrogen-bond acceptors (Lipinski definition) is 2. The summed E-state index contributed by atoms with van der Waals surface area (Å²) in [6, 6.07) is 13.6. The molecule has 2 aromatic rings. The molecule has 3 rings (SSSR count). The molecule has 126 valence electrons. The molecule has 1 saturated heterocycles. The number of carbonyl (C=O) groups is 2. The summed E-state index contributed by atoms with van der Waals surface area (Å²) in [6.45, 7) is 4.30. The van der Waals surface area contributed by atoms with E-state index in [1.54, 1.807) is 0 Å². The average molecular weight is 324 g/mol. The van der Waals surface area contributed by atoms with Gasteiger partial charge in [-0.15, -0.1) is 0 Å². The van der Waals surface area contributed by atoms with E-state index >= 15 is 0 Å². The lowest BCUT2D eigenvalue weighted by molar-refractivity contribution is -0.132. The second-order valence-electron chi connectivity index (χ2n) is 6.63. The van der Waals surface area contributed by atoms with E-state index in [2.05, 4.69) is 12.2 Å². The molecule has 0 radical (unpaired) electrons. The molecule has 1 aliphatic heterocycles. The summed E-state index contributed by atoms with van der Waals surface area (Å²) in [4.78, 5) is 26.3. The number of nitrogens with one attached hydrogen (secondary N) is 1. The van der Waals surface area contributed by atoms with Crippen molar-refractivity contribution in [1.29, 1.82) is 0 Å². The molecule has 0 bridgehead atoms. The zero-order valence-corrected chi connectivity index (χ0v) is 14.1. The van der Waals surface area contributed by atoms with Crippen LogP contribution in [0.1, 0.15) is 36.5 Å². The van der Waals surface area contributed by atoms with Gasteiger partial charge in [0, 0.05) is 31.6 Å². The van der Waals surface area contributed by atoms with Gasteiger partial charge in [-0.1, -0.05) is 37.3 Å². The Morgan fingerprint density at radius 2 is 1.79 bits per heavy atom. The molecule has 0 saturated carbocycles. The van der Waals surface area contributed by atoms with Gasteiger partial charge in [0.25, 0.3) is 5.91 Å². The van der Waals surface area contributed by atoms with Crippen LogP contribution in [0.3, 0.4) is 0 Å². The summed E-state index contributed by atoms with van der Waals surface area (Å²) in [6.07, 6.45) is 2.53. The minimum atomic E-state index is -0.124. The van der Waals surface area contributed by atoms with Crippen molar-refractivity contribution in [1.82, 2.24) is 10.2 Å².